The van der Waals surface area contributed by atoms with Gasteiger partial charge in [0.05, 0.1) is 6.54 Å². The van der Waals surface area contributed by atoms with E-state index in [-0.39, 0.29) is 13.2 Å². The predicted octanol–water partition coefficient (Wildman–Crippen LogP) is 2.61. The van der Waals surface area contributed by atoms with E-state index in [4.69, 9.17) is 16.3 Å². The molecular formula is C16H14ClFN2O3. The van der Waals surface area contributed by atoms with E-state index in [1.54, 1.807) is 24.3 Å². The third kappa shape index (κ3) is 5.60. The highest BCUT2D eigenvalue weighted by atomic mass is 35.5. The molecule has 0 bridgehead atoms. The summed E-state index contributed by atoms with van der Waals surface area (Å²) in [6, 6.07) is 11.9. The van der Waals surface area contributed by atoms with Crippen molar-refractivity contribution >= 4 is 29.1 Å². The summed E-state index contributed by atoms with van der Waals surface area (Å²) in [7, 11) is 0. The van der Waals surface area contributed by atoms with Crippen LogP contribution in [0, 0.1) is 5.82 Å². The molecule has 0 aliphatic heterocycles. The third-order valence-corrected chi connectivity index (χ3v) is 3.03. The van der Waals surface area contributed by atoms with Crippen LogP contribution in [-0.2, 0) is 9.59 Å². The van der Waals surface area contributed by atoms with Gasteiger partial charge in [-0.05, 0) is 48.5 Å². The molecule has 0 heterocycles. The van der Waals surface area contributed by atoms with Gasteiger partial charge in [0.1, 0.15) is 18.2 Å². The number of carbonyl (C=O) groups is 2. The fraction of sp³-hybridized carbons (Fsp3) is 0.125. The first-order chi connectivity index (χ1) is 11.0. The van der Waals surface area contributed by atoms with Crippen LogP contribution in [0.3, 0.4) is 0 Å². The SMILES string of the molecule is O=C(NCCOc1ccc(Cl)cc1)C(=O)Nc1ccc(F)cc1. The van der Waals surface area contributed by atoms with Crippen LogP contribution in [0.4, 0.5) is 10.1 Å². The zero-order chi connectivity index (χ0) is 16.7. The second kappa shape index (κ2) is 8.14. The van der Waals surface area contributed by atoms with Crippen LogP contribution in [0.25, 0.3) is 0 Å². The molecule has 2 aromatic rings. The van der Waals surface area contributed by atoms with Gasteiger partial charge in [-0.1, -0.05) is 11.6 Å². The summed E-state index contributed by atoms with van der Waals surface area (Å²) >= 11 is 5.75. The number of benzene rings is 2. The molecule has 2 amide bonds. The van der Waals surface area contributed by atoms with Gasteiger partial charge in [-0.25, -0.2) is 4.39 Å². The molecule has 0 radical (unpaired) electrons. The van der Waals surface area contributed by atoms with Crippen LogP contribution < -0.4 is 15.4 Å². The Hall–Kier alpha value is -2.60. The van der Waals surface area contributed by atoms with Crippen molar-refractivity contribution in [2.75, 3.05) is 18.5 Å². The van der Waals surface area contributed by atoms with Crippen LogP contribution in [-0.4, -0.2) is 25.0 Å². The zero-order valence-electron chi connectivity index (χ0n) is 12.0. The minimum atomic E-state index is -0.830. The molecule has 0 saturated carbocycles. The average Bonchev–Trinajstić information content (AvgIpc) is 2.55. The van der Waals surface area contributed by atoms with Crippen LogP contribution in [0.5, 0.6) is 5.75 Å². The van der Waals surface area contributed by atoms with E-state index in [1.807, 2.05) is 0 Å². The van der Waals surface area contributed by atoms with Crippen LogP contribution in [0.2, 0.25) is 5.02 Å². The van der Waals surface area contributed by atoms with Gasteiger partial charge in [0.25, 0.3) is 0 Å². The summed E-state index contributed by atoms with van der Waals surface area (Å²) in [6.45, 7) is 0.371. The quantitative estimate of drug-likeness (QED) is 0.651. The second-order valence-electron chi connectivity index (χ2n) is 4.52. The van der Waals surface area contributed by atoms with Gasteiger partial charge < -0.3 is 15.4 Å². The summed E-state index contributed by atoms with van der Waals surface area (Å²) in [5, 5.41) is 5.38. The van der Waals surface area contributed by atoms with Crippen LogP contribution in [0.15, 0.2) is 48.5 Å². The highest BCUT2D eigenvalue weighted by Crippen LogP contribution is 2.15. The highest BCUT2D eigenvalue weighted by molar-refractivity contribution is 6.39. The maximum absolute atomic E-state index is 12.7. The lowest BCUT2D eigenvalue weighted by Crippen LogP contribution is -2.37. The van der Waals surface area contributed by atoms with E-state index in [0.29, 0.717) is 16.5 Å². The van der Waals surface area contributed by atoms with Gasteiger partial charge in [-0.3, -0.25) is 9.59 Å². The lowest BCUT2D eigenvalue weighted by Gasteiger charge is -2.08. The zero-order valence-corrected chi connectivity index (χ0v) is 12.8. The molecule has 0 fully saturated rings. The van der Waals surface area contributed by atoms with Crippen molar-refractivity contribution in [3.05, 3.63) is 59.4 Å². The maximum atomic E-state index is 12.7. The Morgan fingerprint density at radius 2 is 1.65 bits per heavy atom. The van der Waals surface area contributed by atoms with Crippen molar-refractivity contribution in [2.24, 2.45) is 0 Å². The van der Waals surface area contributed by atoms with Crippen molar-refractivity contribution in [1.82, 2.24) is 5.32 Å². The number of anilines is 1. The minimum Gasteiger partial charge on any atom is -0.492 e. The average molecular weight is 337 g/mol. The monoisotopic (exact) mass is 336 g/mol. The van der Waals surface area contributed by atoms with Gasteiger partial charge in [0.15, 0.2) is 0 Å². The van der Waals surface area contributed by atoms with Crippen molar-refractivity contribution in [3.8, 4) is 5.75 Å². The fourth-order valence-corrected chi connectivity index (χ4v) is 1.79. The number of amides is 2. The van der Waals surface area contributed by atoms with E-state index >= 15 is 0 Å². The molecule has 0 spiro atoms. The Bertz CT molecular complexity index is 675. The molecule has 2 rings (SSSR count). The lowest BCUT2D eigenvalue weighted by atomic mass is 10.3. The van der Waals surface area contributed by atoms with Gasteiger partial charge in [-0.15, -0.1) is 0 Å². The van der Waals surface area contributed by atoms with Crippen molar-refractivity contribution in [2.45, 2.75) is 0 Å². The Morgan fingerprint density at radius 1 is 1.00 bits per heavy atom. The minimum absolute atomic E-state index is 0.165. The Kier molecular flexibility index (Phi) is 5.94. The maximum Gasteiger partial charge on any atom is 0.313 e. The van der Waals surface area contributed by atoms with Crippen molar-refractivity contribution in [1.29, 1.82) is 0 Å². The largest absolute Gasteiger partial charge is 0.492 e. The van der Waals surface area contributed by atoms with Gasteiger partial charge in [-0.2, -0.15) is 0 Å². The summed E-state index contributed by atoms with van der Waals surface area (Å²) in [4.78, 5) is 23.2. The molecule has 0 unspecified atom stereocenters. The first-order valence-corrected chi connectivity index (χ1v) is 7.15. The summed E-state index contributed by atoms with van der Waals surface area (Å²) in [6.07, 6.45) is 0. The molecule has 5 nitrogen and oxygen atoms in total. The third-order valence-electron chi connectivity index (χ3n) is 2.78. The predicted molar refractivity (Wildman–Crippen MR) is 85.0 cm³/mol. The standard InChI is InChI=1S/C16H14ClFN2O3/c17-11-1-7-14(8-2-11)23-10-9-19-15(21)16(22)20-13-5-3-12(18)4-6-13/h1-8H,9-10H2,(H,19,21)(H,20,22). The smallest absolute Gasteiger partial charge is 0.313 e. The molecule has 0 atom stereocenters. The number of nitrogens with one attached hydrogen (secondary N) is 2. The lowest BCUT2D eigenvalue weighted by molar-refractivity contribution is -0.136. The number of hydrogen-bond donors (Lipinski definition) is 2. The van der Waals surface area contributed by atoms with E-state index in [9.17, 15) is 14.0 Å². The van der Waals surface area contributed by atoms with Crippen LogP contribution >= 0.6 is 11.6 Å². The number of halogens is 2. The molecule has 0 saturated heterocycles. The van der Waals surface area contributed by atoms with Gasteiger partial charge in [0, 0.05) is 10.7 Å². The molecule has 0 aliphatic rings. The first-order valence-electron chi connectivity index (χ1n) is 6.78. The summed E-state index contributed by atoms with van der Waals surface area (Å²) in [5.74, 6) is -1.44. The molecule has 7 heteroatoms. The second-order valence-corrected chi connectivity index (χ2v) is 4.96. The Labute approximate surface area is 137 Å². The molecule has 0 aliphatic carbocycles. The van der Waals surface area contributed by atoms with Crippen LogP contribution in [0.1, 0.15) is 0 Å². The van der Waals surface area contributed by atoms with E-state index in [1.165, 1.54) is 24.3 Å². The molecular weight excluding hydrogens is 323 g/mol. The number of ether oxygens (including phenoxy) is 1. The molecule has 23 heavy (non-hydrogen) atoms. The number of hydrogen-bond acceptors (Lipinski definition) is 3. The molecule has 2 aromatic carbocycles. The molecule has 120 valence electrons. The van der Waals surface area contributed by atoms with Crippen molar-refractivity contribution < 1.29 is 18.7 Å². The van der Waals surface area contributed by atoms with Gasteiger partial charge in [0.2, 0.25) is 0 Å². The van der Waals surface area contributed by atoms with E-state index < -0.39 is 17.6 Å². The van der Waals surface area contributed by atoms with E-state index in [0.717, 1.165) is 0 Å². The Balaban J connectivity index is 1.70. The van der Waals surface area contributed by atoms with E-state index in [2.05, 4.69) is 10.6 Å². The topological polar surface area (TPSA) is 67.4 Å². The highest BCUT2D eigenvalue weighted by Gasteiger charge is 2.12. The number of rotatable bonds is 5. The molecule has 2 N–H and O–H groups in total. The first kappa shape index (κ1) is 16.8. The number of carbonyl (C=O) groups excluding carboxylic acids is 2. The Morgan fingerprint density at radius 3 is 2.30 bits per heavy atom. The van der Waals surface area contributed by atoms with Crippen molar-refractivity contribution in [3.63, 3.8) is 0 Å². The van der Waals surface area contributed by atoms with Gasteiger partial charge >= 0.3 is 11.8 Å². The summed E-state index contributed by atoms with van der Waals surface area (Å²) in [5.41, 5.74) is 0.337. The molecule has 0 aromatic heterocycles. The fourth-order valence-electron chi connectivity index (χ4n) is 1.67. The summed E-state index contributed by atoms with van der Waals surface area (Å²) < 4.78 is 18.1. The normalized spacial score (nSPS) is 10.0.